The predicted molar refractivity (Wildman–Crippen MR) is 315 cm³/mol. The SMILES string of the molecule is CCCCCCCCCCCCc1cc(C[P+](c2ccccc2)(c2ccccc2)c2ccccc2)c(CCCCCCCCCCCC)cc1C[P+](c1ccccc1)(c1ccccc1)c1ccccc1.[Br-].[Br-]. The second-order valence-corrected chi connectivity index (χ2v) is 27.2. The van der Waals surface area contributed by atoms with E-state index in [1.807, 2.05) is 0 Å². The summed E-state index contributed by atoms with van der Waals surface area (Å²) in [7, 11) is -4.27. The molecule has 7 rings (SSSR count). The van der Waals surface area contributed by atoms with Gasteiger partial charge in [0.25, 0.3) is 0 Å². The number of aryl methyl sites for hydroxylation is 2. The third-order valence-electron chi connectivity index (χ3n) is 15.1. The van der Waals surface area contributed by atoms with Gasteiger partial charge in [-0.05, 0) is 121 Å². The zero-order chi connectivity index (χ0) is 48.4. The minimum atomic E-state index is -2.14. The van der Waals surface area contributed by atoms with E-state index < -0.39 is 14.5 Å². The van der Waals surface area contributed by atoms with Gasteiger partial charge in [0.15, 0.2) is 0 Å². The highest BCUT2D eigenvalue weighted by Gasteiger charge is 2.48. The molecule has 0 nitrogen and oxygen atoms in total. The number of benzene rings is 7. The number of halogens is 2. The van der Waals surface area contributed by atoms with Crippen LogP contribution in [-0.2, 0) is 25.2 Å². The van der Waals surface area contributed by atoms with Crippen LogP contribution in [0.3, 0.4) is 0 Å². The molecule has 0 aromatic heterocycles. The minimum absolute atomic E-state index is 0. The Bertz CT molecular complexity index is 2090. The zero-order valence-corrected chi connectivity index (χ0v) is 49.1. The molecule has 0 heterocycles. The molecular formula is C68H86Br2P2. The molecule has 0 aliphatic rings. The molecule has 0 N–H and O–H groups in total. The lowest BCUT2D eigenvalue weighted by atomic mass is 9.93. The molecule has 0 unspecified atom stereocenters. The van der Waals surface area contributed by atoms with Crippen LogP contribution in [0.25, 0.3) is 0 Å². The Kier molecular flexibility index (Phi) is 27.4. The second-order valence-electron chi connectivity index (χ2n) is 20.2. The van der Waals surface area contributed by atoms with Gasteiger partial charge in [-0.1, -0.05) is 251 Å². The number of hydrogen-bond donors (Lipinski definition) is 0. The van der Waals surface area contributed by atoms with Gasteiger partial charge in [-0.3, -0.25) is 0 Å². The third kappa shape index (κ3) is 16.7. The fourth-order valence-electron chi connectivity index (χ4n) is 11.2. The van der Waals surface area contributed by atoms with E-state index >= 15 is 0 Å². The normalized spacial score (nSPS) is 11.5. The Balaban J connectivity index is 0.00000481. The Morgan fingerprint density at radius 1 is 0.236 bits per heavy atom. The number of rotatable bonds is 32. The van der Waals surface area contributed by atoms with Crippen LogP contribution in [0.15, 0.2) is 194 Å². The molecule has 0 saturated carbocycles. The van der Waals surface area contributed by atoms with Gasteiger partial charge >= 0.3 is 0 Å². The van der Waals surface area contributed by atoms with E-state index in [1.165, 1.54) is 160 Å². The van der Waals surface area contributed by atoms with Gasteiger partial charge in [0, 0.05) is 0 Å². The minimum Gasteiger partial charge on any atom is -1.00 e. The Morgan fingerprint density at radius 2 is 0.431 bits per heavy atom. The lowest BCUT2D eigenvalue weighted by molar-refractivity contribution is -0.00100. The van der Waals surface area contributed by atoms with Crippen molar-refractivity contribution in [1.29, 1.82) is 0 Å². The largest absolute Gasteiger partial charge is 1.00 e. The molecule has 0 spiro atoms. The number of hydrogen-bond acceptors (Lipinski definition) is 0. The van der Waals surface area contributed by atoms with E-state index in [1.54, 1.807) is 22.3 Å². The molecule has 0 saturated heterocycles. The molecule has 0 atom stereocenters. The summed E-state index contributed by atoms with van der Waals surface area (Å²) in [6, 6.07) is 75.4. The van der Waals surface area contributed by atoms with E-state index in [2.05, 4.69) is 208 Å². The summed E-state index contributed by atoms with van der Waals surface area (Å²) in [6.07, 6.45) is 31.4. The summed E-state index contributed by atoms with van der Waals surface area (Å²) in [5, 5.41) is 8.83. The van der Waals surface area contributed by atoms with Crippen LogP contribution in [-0.4, -0.2) is 0 Å². The van der Waals surface area contributed by atoms with Gasteiger partial charge < -0.3 is 34.0 Å². The monoisotopic (exact) mass is 1120 g/mol. The molecule has 0 bridgehead atoms. The maximum absolute atomic E-state index is 2.79. The summed E-state index contributed by atoms with van der Waals surface area (Å²) in [5.74, 6) is 0. The fourth-order valence-corrected chi connectivity index (χ4v) is 19.8. The van der Waals surface area contributed by atoms with Gasteiger partial charge in [0.1, 0.15) is 46.4 Å². The lowest BCUT2D eigenvalue weighted by Gasteiger charge is -2.31. The van der Waals surface area contributed by atoms with E-state index in [-0.39, 0.29) is 34.0 Å². The zero-order valence-electron chi connectivity index (χ0n) is 44.1. The molecule has 0 amide bonds. The Labute approximate surface area is 460 Å². The van der Waals surface area contributed by atoms with Crippen molar-refractivity contribution in [3.63, 3.8) is 0 Å². The van der Waals surface area contributed by atoms with Crippen molar-refractivity contribution in [2.75, 3.05) is 0 Å². The molecule has 382 valence electrons. The average Bonchev–Trinajstić information content (AvgIpc) is 3.42. The lowest BCUT2D eigenvalue weighted by Crippen LogP contribution is -3.00. The van der Waals surface area contributed by atoms with Crippen LogP contribution in [0.4, 0.5) is 0 Å². The van der Waals surface area contributed by atoms with Crippen molar-refractivity contribution in [2.24, 2.45) is 0 Å². The summed E-state index contributed by atoms with van der Waals surface area (Å²) >= 11 is 0. The highest BCUT2D eigenvalue weighted by atomic mass is 79.9. The molecule has 7 aromatic carbocycles. The highest BCUT2D eigenvalue weighted by molar-refractivity contribution is 7.95. The van der Waals surface area contributed by atoms with Crippen LogP contribution in [0.5, 0.6) is 0 Å². The first-order valence-corrected chi connectivity index (χ1v) is 31.9. The fraction of sp³-hybridized carbons (Fsp3) is 0.382. The topological polar surface area (TPSA) is 0 Å². The molecule has 0 fully saturated rings. The van der Waals surface area contributed by atoms with Crippen LogP contribution in [0.1, 0.15) is 165 Å². The quantitative estimate of drug-likeness (QED) is 0.0291. The molecule has 0 radical (unpaired) electrons. The van der Waals surface area contributed by atoms with Gasteiger partial charge in [-0.25, -0.2) is 0 Å². The molecule has 0 aliphatic carbocycles. The summed E-state index contributed by atoms with van der Waals surface area (Å²) < 4.78 is 0. The molecule has 0 aliphatic heterocycles. The first-order valence-electron chi connectivity index (χ1n) is 27.9. The van der Waals surface area contributed by atoms with Crippen LogP contribution < -0.4 is 65.8 Å². The third-order valence-corrected chi connectivity index (χ3v) is 23.8. The van der Waals surface area contributed by atoms with Crippen molar-refractivity contribution < 1.29 is 34.0 Å². The van der Waals surface area contributed by atoms with E-state index in [4.69, 9.17) is 0 Å². The summed E-state index contributed by atoms with van der Waals surface area (Å²) in [4.78, 5) is 0. The first-order chi connectivity index (χ1) is 34.7. The predicted octanol–water partition coefficient (Wildman–Crippen LogP) is 11.6. The van der Waals surface area contributed by atoms with Crippen molar-refractivity contribution in [3.05, 3.63) is 216 Å². The van der Waals surface area contributed by atoms with Crippen molar-refractivity contribution in [1.82, 2.24) is 0 Å². The molecule has 4 heteroatoms. The Hall–Kier alpha value is -3.64. The maximum atomic E-state index is 2.79. The van der Waals surface area contributed by atoms with E-state index in [0.29, 0.717) is 0 Å². The molecular weight excluding hydrogens is 1040 g/mol. The summed E-state index contributed by atoms with van der Waals surface area (Å²) in [6.45, 7) is 4.64. The van der Waals surface area contributed by atoms with Crippen molar-refractivity contribution in [3.8, 4) is 0 Å². The number of unbranched alkanes of at least 4 members (excludes halogenated alkanes) is 18. The average molecular weight is 1130 g/mol. The van der Waals surface area contributed by atoms with Gasteiger partial charge in [-0.2, -0.15) is 0 Å². The van der Waals surface area contributed by atoms with Gasteiger partial charge in [0.2, 0.25) is 0 Å². The van der Waals surface area contributed by atoms with Crippen LogP contribution in [0.2, 0.25) is 0 Å². The summed E-state index contributed by atoms with van der Waals surface area (Å²) in [5.41, 5.74) is 6.33. The maximum Gasteiger partial charge on any atom is 0.116 e. The van der Waals surface area contributed by atoms with E-state index in [9.17, 15) is 0 Å². The van der Waals surface area contributed by atoms with Crippen LogP contribution in [0, 0.1) is 0 Å². The van der Waals surface area contributed by atoms with Gasteiger partial charge in [0.05, 0.1) is 12.3 Å². The van der Waals surface area contributed by atoms with Crippen molar-refractivity contribution >= 4 is 46.4 Å². The second kappa shape index (κ2) is 33.3. The van der Waals surface area contributed by atoms with Crippen molar-refractivity contribution in [2.45, 2.75) is 167 Å². The highest BCUT2D eigenvalue weighted by Crippen LogP contribution is 2.61. The standard InChI is InChI=1S/C68H86P2.2BrH/c1-3-5-7-9-11-13-15-17-19-27-41-59-55-62(58-70(66-49-35-24-36-50-66,67-51-37-25-38-52-67)68-53-39-26-40-54-68)60(42-28-20-18-16-14-12-10-8-6-4-2)56-61(59)57-69(63-43-29-21-30-44-63,64-45-31-22-32-46-64)65-47-33-23-34-48-65;;/h21-26,29-40,43-56H,3-20,27-28,41-42,57-58H2,1-2H3;2*1H/q+2;;/p-2. The molecule has 7 aromatic rings. The van der Waals surface area contributed by atoms with E-state index in [0.717, 1.165) is 25.2 Å². The van der Waals surface area contributed by atoms with Gasteiger partial charge in [-0.15, -0.1) is 0 Å². The first kappa shape index (κ1) is 59.2. The molecule has 72 heavy (non-hydrogen) atoms. The Morgan fingerprint density at radius 3 is 0.639 bits per heavy atom. The van der Waals surface area contributed by atoms with Crippen LogP contribution >= 0.6 is 14.5 Å². The smallest absolute Gasteiger partial charge is 0.116 e.